The number of thioether (sulfide) groups is 1. The Morgan fingerprint density at radius 1 is 1.27 bits per heavy atom. The van der Waals surface area contributed by atoms with Crippen molar-refractivity contribution in [3.63, 3.8) is 0 Å². The van der Waals surface area contributed by atoms with Crippen LogP contribution in [-0.2, 0) is 0 Å². The van der Waals surface area contributed by atoms with Crippen LogP contribution in [0.25, 0.3) is 12.2 Å². The number of hydrogen-bond acceptors (Lipinski definition) is 4. The third kappa shape index (κ3) is 4.88. The third-order valence-corrected chi connectivity index (χ3v) is 4.21. The van der Waals surface area contributed by atoms with Gasteiger partial charge in [0.2, 0.25) is 0 Å². The van der Waals surface area contributed by atoms with Crippen LogP contribution in [0.5, 0.6) is 0 Å². The van der Waals surface area contributed by atoms with Crippen LogP contribution in [0.3, 0.4) is 0 Å². The highest BCUT2D eigenvalue weighted by atomic mass is 32.2. The van der Waals surface area contributed by atoms with E-state index in [0.29, 0.717) is 9.88 Å². The Labute approximate surface area is 133 Å². The Morgan fingerprint density at radius 2 is 1.95 bits per heavy atom. The summed E-state index contributed by atoms with van der Waals surface area (Å²) in [5.41, 5.74) is -3.53. The second-order valence-electron chi connectivity index (χ2n) is 4.09. The first-order chi connectivity index (χ1) is 10.4. The molecule has 0 atom stereocenters. The van der Waals surface area contributed by atoms with Crippen LogP contribution >= 0.6 is 23.1 Å². The number of amides is 1. The first kappa shape index (κ1) is 16.6. The van der Waals surface area contributed by atoms with Gasteiger partial charge < -0.3 is 5.32 Å². The minimum atomic E-state index is -4.28. The topological polar surface area (TPSA) is 42.0 Å². The maximum Gasteiger partial charge on any atom is 0.446 e. The quantitative estimate of drug-likeness (QED) is 0.842. The molecule has 0 fully saturated rings. The summed E-state index contributed by atoms with van der Waals surface area (Å²) >= 11 is 1.09. The summed E-state index contributed by atoms with van der Waals surface area (Å²) in [4.78, 5) is 16.1. The normalized spacial score (nSPS) is 11.8. The lowest BCUT2D eigenvalue weighted by Gasteiger charge is -2.05. The zero-order valence-corrected chi connectivity index (χ0v) is 13.0. The fourth-order valence-electron chi connectivity index (χ4n) is 1.54. The summed E-state index contributed by atoms with van der Waals surface area (Å²) in [6.07, 6.45) is 4.92. The van der Waals surface area contributed by atoms with Crippen molar-refractivity contribution in [2.45, 2.75) is 10.4 Å². The van der Waals surface area contributed by atoms with Gasteiger partial charge in [0.15, 0.2) is 0 Å². The van der Waals surface area contributed by atoms with Gasteiger partial charge in [0.05, 0.1) is 6.20 Å². The van der Waals surface area contributed by atoms with Gasteiger partial charge in [-0.2, -0.15) is 13.2 Å². The fraction of sp³-hybridized carbons (Fsp3) is 0.143. The number of nitrogens with zero attached hydrogens (tertiary/aromatic N) is 1. The van der Waals surface area contributed by atoms with Crippen molar-refractivity contribution in [2.24, 2.45) is 0 Å². The summed E-state index contributed by atoms with van der Waals surface area (Å²) in [6, 6.07) is 6.01. The summed E-state index contributed by atoms with van der Waals surface area (Å²) < 4.78 is 36.7. The third-order valence-electron chi connectivity index (χ3n) is 2.51. The van der Waals surface area contributed by atoms with Crippen LogP contribution in [-0.4, -0.2) is 23.4 Å². The van der Waals surface area contributed by atoms with Gasteiger partial charge in [-0.3, -0.25) is 4.79 Å². The first-order valence-electron chi connectivity index (χ1n) is 6.09. The smallest absolute Gasteiger partial charge is 0.354 e. The molecular weight excluding hydrogens is 333 g/mol. The summed E-state index contributed by atoms with van der Waals surface area (Å²) in [5, 5.41) is 3.15. The zero-order valence-electron chi connectivity index (χ0n) is 11.3. The molecule has 116 valence electrons. The molecule has 2 rings (SSSR count). The number of aromatic nitrogens is 1. The van der Waals surface area contributed by atoms with Crippen LogP contribution in [0.2, 0.25) is 0 Å². The molecule has 3 nitrogen and oxygen atoms in total. The molecule has 1 aromatic heterocycles. The van der Waals surface area contributed by atoms with Crippen molar-refractivity contribution in [2.75, 3.05) is 7.05 Å². The number of carbonyl (C=O) groups is 1. The van der Waals surface area contributed by atoms with E-state index in [9.17, 15) is 18.0 Å². The van der Waals surface area contributed by atoms with Crippen molar-refractivity contribution in [1.82, 2.24) is 10.3 Å². The van der Waals surface area contributed by atoms with Crippen molar-refractivity contribution < 1.29 is 18.0 Å². The van der Waals surface area contributed by atoms with Crippen LogP contribution in [0.4, 0.5) is 13.2 Å². The van der Waals surface area contributed by atoms with E-state index in [2.05, 4.69) is 10.3 Å². The maximum atomic E-state index is 12.2. The Kier molecular flexibility index (Phi) is 5.25. The van der Waals surface area contributed by atoms with Gasteiger partial charge in [0.25, 0.3) is 5.91 Å². The molecule has 0 saturated heterocycles. The van der Waals surface area contributed by atoms with Gasteiger partial charge in [-0.1, -0.05) is 18.2 Å². The first-order valence-corrected chi connectivity index (χ1v) is 7.72. The molecule has 0 aliphatic carbocycles. The second-order valence-corrected chi connectivity index (χ2v) is 6.29. The summed E-state index contributed by atoms with van der Waals surface area (Å²) in [6.45, 7) is 0. The number of benzene rings is 1. The Morgan fingerprint density at radius 3 is 2.55 bits per heavy atom. The van der Waals surface area contributed by atoms with Gasteiger partial charge in [-0.05, 0) is 35.5 Å². The van der Waals surface area contributed by atoms with Crippen LogP contribution in [0.1, 0.15) is 20.2 Å². The predicted octanol–water partition coefficient (Wildman–Crippen LogP) is 4.29. The van der Waals surface area contributed by atoms with Gasteiger partial charge >= 0.3 is 5.51 Å². The summed E-state index contributed by atoms with van der Waals surface area (Å²) in [7, 11) is 1.54. The predicted molar refractivity (Wildman–Crippen MR) is 82.8 cm³/mol. The molecule has 2 aromatic rings. The number of halogens is 3. The number of carbonyl (C=O) groups excluding carboxylic acids is 1. The standard InChI is InChI=1S/C14H11F3N2OS2/c1-18-13(20)11-8-19-12(21-11)7-4-9-2-5-10(6-3-9)22-14(15,16)17/h2-8H,1H3,(H,18,20)/b7-4+. The minimum Gasteiger partial charge on any atom is -0.354 e. The molecule has 0 aliphatic heterocycles. The molecule has 0 unspecified atom stereocenters. The van der Waals surface area contributed by atoms with Gasteiger partial charge in [-0.25, -0.2) is 4.98 Å². The second kappa shape index (κ2) is 6.97. The number of hydrogen-bond donors (Lipinski definition) is 1. The number of rotatable bonds is 4. The molecule has 0 radical (unpaired) electrons. The molecule has 1 aromatic carbocycles. The van der Waals surface area contributed by atoms with Crippen molar-refractivity contribution >= 4 is 41.2 Å². The van der Waals surface area contributed by atoms with Crippen molar-refractivity contribution in [3.8, 4) is 0 Å². The lowest BCUT2D eigenvalue weighted by atomic mass is 10.2. The van der Waals surface area contributed by atoms with Crippen molar-refractivity contribution in [3.05, 3.63) is 45.9 Å². The Balaban J connectivity index is 2.04. The van der Waals surface area contributed by atoms with Crippen molar-refractivity contribution in [1.29, 1.82) is 0 Å². The van der Waals surface area contributed by atoms with E-state index in [1.165, 1.54) is 36.7 Å². The van der Waals surface area contributed by atoms with E-state index < -0.39 is 5.51 Å². The average Bonchev–Trinajstić information content (AvgIpc) is 2.93. The average molecular weight is 344 g/mol. The van der Waals surface area contributed by atoms with E-state index in [-0.39, 0.29) is 22.6 Å². The molecular formula is C14H11F3N2OS2. The zero-order chi connectivity index (χ0) is 16.2. The Bertz CT molecular complexity index is 678. The SMILES string of the molecule is CNC(=O)c1cnc(/C=C/c2ccc(SC(F)(F)F)cc2)s1. The maximum absolute atomic E-state index is 12.2. The summed E-state index contributed by atoms with van der Waals surface area (Å²) in [5.74, 6) is -0.203. The molecule has 1 amide bonds. The fourth-order valence-corrected chi connectivity index (χ4v) is 2.85. The van der Waals surface area contributed by atoms with Crippen LogP contribution in [0, 0.1) is 0 Å². The molecule has 1 N–H and O–H groups in total. The monoisotopic (exact) mass is 344 g/mol. The molecule has 8 heteroatoms. The number of thiazole rings is 1. The van der Waals surface area contributed by atoms with Gasteiger partial charge in [-0.15, -0.1) is 11.3 Å². The highest BCUT2D eigenvalue weighted by Crippen LogP contribution is 2.36. The van der Waals surface area contributed by atoms with E-state index in [1.54, 1.807) is 24.3 Å². The van der Waals surface area contributed by atoms with Gasteiger partial charge in [0.1, 0.15) is 9.88 Å². The van der Waals surface area contributed by atoms with E-state index in [1.807, 2.05) is 0 Å². The highest BCUT2D eigenvalue weighted by Gasteiger charge is 2.28. The van der Waals surface area contributed by atoms with E-state index >= 15 is 0 Å². The number of alkyl halides is 3. The molecule has 0 bridgehead atoms. The molecule has 1 heterocycles. The molecule has 0 spiro atoms. The van der Waals surface area contributed by atoms with Gasteiger partial charge in [0, 0.05) is 11.9 Å². The minimum absolute atomic E-state index is 0.140. The molecule has 0 aliphatic rings. The lowest BCUT2D eigenvalue weighted by Crippen LogP contribution is -2.16. The molecule has 0 saturated carbocycles. The lowest BCUT2D eigenvalue weighted by molar-refractivity contribution is -0.0328. The Hall–Kier alpha value is -1.80. The van der Waals surface area contributed by atoms with E-state index in [0.717, 1.165) is 5.56 Å². The van der Waals surface area contributed by atoms with Crippen LogP contribution < -0.4 is 5.32 Å². The number of nitrogens with one attached hydrogen (secondary N) is 1. The molecule has 22 heavy (non-hydrogen) atoms. The van der Waals surface area contributed by atoms with E-state index in [4.69, 9.17) is 0 Å². The largest absolute Gasteiger partial charge is 0.446 e. The highest BCUT2D eigenvalue weighted by molar-refractivity contribution is 8.00. The van der Waals surface area contributed by atoms with Crippen LogP contribution in [0.15, 0.2) is 35.4 Å².